The fourth-order valence-corrected chi connectivity index (χ4v) is 4.04. The fraction of sp³-hybridized carbons (Fsp3) is 0.632. The van der Waals surface area contributed by atoms with E-state index in [1.807, 2.05) is 0 Å². The molecular formula is C19H26ClFN2O4. The molecule has 27 heavy (non-hydrogen) atoms. The summed E-state index contributed by atoms with van der Waals surface area (Å²) in [6.07, 6.45) is 0.160. The van der Waals surface area contributed by atoms with Crippen LogP contribution in [0.1, 0.15) is 30.1 Å². The van der Waals surface area contributed by atoms with Gasteiger partial charge in [-0.25, -0.2) is 4.39 Å². The summed E-state index contributed by atoms with van der Waals surface area (Å²) in [6, 6.07) is 3.50. The second-order valence-corrected chi connectivity index (χ2v) is 7.84. The van der Waals surface area contributed by atoms with Crippen molar-refractivity contribution in [3.8, 4) is 0 Å². The minimum atomic E-state index is -0.814. The first kappa shape index (κ1) is 20.5. The Morgan fingerprint density at radius 1 is 1.37 bits per heavy atom. The lowest BCUT2D eigenvalue weighted by Gasteiger charge is -2.38. The summed E-state index contributed by atoms with van der Waals surface area (Å²) in [5, 5.41) is 22.7. The number of nitrogens with zero attached hydrogens (tertiary/aromatic N) is 1. The van der Waals surface area contributed by atoms with Crippen molar-refractivity contribution in [2.75, 3.05) is 26.2 Å². The summed E-state index contributed by atoms with van der Waals surface area (Å²) in [5.41, 5.74) is 0.252. The van der Waals surface area contributed by atoms with Crippen LogP contribution < -0.4 is 5.32 Å². The van der Waals surface area contributed by atoms with Crippen LogP contribution in [-0.4, -0.2) is 71.6 Å². The number of amides is 1. The maximum Gasteiger partial charge on any atom is 0.251 e. The first-order valence-corrected chi connectivity index (χ1v) is 9.70. The normalized spacial score (nSPS) is 29.8. The highest BCUT2D eigenvalue weighted by atomic mass is 35.5. The number of ether oxygens (including phenoxy) is 1. The van der Waals surface area contributed by atoms with E-state index in [-0.39, 0.29) is 29.8 Å². The molecule has 0 bridgehead atoms. The van der Waals surface area contributed by atoms with Gasteiger partial charge in [0.25, 0.3) is 5.91 Å². The largest absolute Gasteiger partial charge is 0.394 e. The molecule has 1 aromatic carbocycles. The van der Waals surface area contributed by atoms with E-state index in [0.29, 0.717) is 5.92 Å². The van der Waals surface area contributed by atoms with Crippen molar-refractivity contribution in [3.63, 3.8) is 0 Å². The molecule has 3 N–H and O–H groups in total. The van der Waals surface area contributed by atoms with Crippen LogP contribution >= 0.6 is 11.6 Å². The highest BCUT2D eigenvalue weighted by Crippen LogP contribution is 2.29. The van der Waals surface area contributed by atoms with Crippen LogP contribution in [0.25, 0.3) is 0 Å². The quantitative estimate of drug-likeness (QED) is 0.696. The molecule has 0 spiro atoms. The minimum Gasteiger partial charge on any atom is -0.394 e. The summed E-state index contributed by atoms with van der Waals surface area (Å²) >= 11 is 5.73. The maximum atomic E-state index is 13.3. The summed E-state index contributed by atoms with van der Waals surface area (Å²) in [6.45, 7) is 3.81. The number of aliphatic hydroxyl groups is 2. The Morgan fingerprint density at radius 3 is 2.70 bits per heavy atom. The number of piperidine rings is 1. The molecule has 2 saturated heterocycles. The highest BCUT2D eigenvalue weighted by Gasteiger charge is 2.46. The van der Waals surface area contributed by atoms with Crippen molar-refractivity contribution in [3.05, 3.63) is 34.6 Å². The molecule has 150 valence electrons. The Hall–Kier alpha value is -1.25. The predicted molar refractivity (Wildman–Crippen MR) is 99.3 cm³/mol. The van der Waals surface area contributed by atoms with Crippen molar-refractivity contribution >= 4 is 17.5 Å². The van der Waals surface area contributed by atoms with Gasteiger partial charge in [0.1, 0.15) is 18.0 Å². The molecule has 2 aliphatic heterocycles. The van der Waals surface area contributed by atoms with Gasteiger partial charge in [0.15, 0.2) is 0 Å². The Labute approximate surface area is 163 Å². The predicted octanol–water partition coefficient (Wildman–Crippen LogP) is 1.43. The Balaban J connectivity index is 1.65. The van der Waals surface area contributed by atoms with Crippen LogP contribution in [0.15, 0.2) is 18.2 Å². The van der Waals surface area contributed by atoms with E-state index in [2.05, 4.69) is 17.1 Å². The number of rotatable bonds is 5. The number of carbonyl (C=O) groups excluding carboxylic acids is 1. The monoisotopic (exact) mass is 400 g/mol. The van der Waals surface area contributed by atoms with Gasteiger partial charge in [0.2, 0.25) is 0 Å². The molecule has 2 aliphatic rings. The Kier molecular flexibility index (Phi) is 6.70. The SMILES string of the molecule is CC1CCN([C@H]2[C@H](O)[C@H](CO)O[C@@H]2CNC(=O)c2ccc(F)c(Cl)c2)CC1. The lowest BCUT2D eigenvalue weighted by atomic mass is 9.94. The first-order chi connectivity index (χ1) is 12.9. The summed E-state index contributed by atoms with van der Waals surface area (Å²) < 4.78 is 19.1. The Morgan fingerprint density at radius 2 is 2.07 bits per heavy atom. The molecule has 1 aromatic rings. The molecule has 0 unspecified atom stereocenters. The van der Waals surface area contributed by atoms with Crippen molar-refractivity contribution in [1.29, 1.82) is 0 Å². The second kappa shape index (κ2) is 8.84. The summed E-state index contributed by atoms with van der Waals surface area (Å²) in [7, 11) is 0. The molecule has 4 atom stereocenters. The lowest BCUT2D eigenvalue weighted by Crippen LogP contribution is -2.53. The average molecular weight is 401 g/mol. The van der Waals surface area contributed by atoms with Gasteiger partial charge < -0.3 is 20.3 Å². The number of nitrogens with one attached hydrogen (secondary N) is 1. The van der Waals surface area contributed by atoms with E-state index in [9.17, 15) is 19.4 Å². The number of aliphatic hydroxyl groups excluding tert-OH is 2. The third-order valence-electron chi connectivity index (χ3n) is 5.53. The third kappa shape index (κ3) is 4.60. The number of carbonyl (C=O) groups is 1. The first-order valence-electron chi connectivity index (χ1n) is 9.32. The molecule has 0 saturated carbocycles. The van der Waals surface area contributed by atoms with Crippen molar-refractivity contribution in [2.45, 2.75) is 44.1 Å². The number of likely N-dealkylation sites (tertiary alicyclic amines) is 1. The van der Waals surface area contributed by atoms with Gasteiger partial charge in [0, 0.05) is 12.1 Å². The van der Waals surface area contributed by atoms with E-state index >= 15 is 0 Å². The topological polar surface area (TPSA) is 82.0 Å². The van der Waals surface area contributed by atoms with Gasteiger partial charge in [-0.3, -0.25) is 9.69 Å². The van der Waals surface area contributed by atoms with Gasteiger partial charge in [-0.2, -0.15) is 0 Å². The molecule has 0 radical (unpaired) electrons. The fourth-order valence-electron chi connectivity index (χ4n) is 3.86. The van der Waals surface area contributed by atoms with Crippen molar-refractivity contribution in [1.82, 2.24) is 10.2 Å². The zero-order chi connectivity index (χ0) is 19.6. The summed E-state index contributed by atoms with van der Waals surface area (Å²) in [4.78, 5) is 14.5. The highest BCUT2D eigenvalue weighted by molar-refractivity contribution is 6.31. The van der Waals surface area contributed by atoms with Crippen LogP contribution in [0.4, 0.5) is 4.39 Å². The van der Waals surface area contributed by atoms with Crippen LogP contribution in [0.5, 0.6) is 0 Å². The number of benzene rings is 1. The Bertz CT molecular complexity index is 669. The third-order valence-corrected chi connectivity index (χ3v) is 5.82. The van der Waals surface area contributed by atoms with Crippen LogP contribution in [0.3, 0.4) is 0 Å². The summed E-state index contributed by atoms with van der Waals surface area (Å²) in [5.74, 6) is -0.329. The van der Waals surface area contributed by atoms with Gasteiger partial charge >= 0.3 is 0 Å². The minimum absolute atomic E-state index is 0.115. The number of halogens is 2. The zero-order valence-corrected chi connectivity index (χ0v) is 16.0. The molecule has 6 nitrogen and oxygen atoms in total. The molecule has 2 heterocycles. The van der Waals surface area contributed by atoms with Crippen molar-refractivity contribution in [2.24, 2.45) is 5.92 Å². The second-order valence-electron chi connectivity index (χ2n) is 7.43. The molecule has 1 amide bonds. The number of hydrogen-bond acceptors (Lipinski definition) is 5. The van der Waals surface area contributed by atoms with Gasteiger partial charge in [-0.1, -0.05) is 18.5 Å². The molecule has 2 fully saturated rings. The van der Waals surface area contributed by atoms with Crippen LogP contribution in [0, 0.1) is 11.7 Å². The van der Waals surface area contributed by atoms with Gasteiger partial charge in [-0.15, -0.1) is 0 Å². The molecular weight excluding hydrogens is 375 g/mol. The molecule has 0 aliphatic carbocycles. The smallest absolute Gasteiger partial charge is 0.251 e. The van der Waals surface area contributed by atoms with Gasteiger partial charge in [0.05, 0.1) is 23.8 Å². The van der Waals surface area contributed by atoms with Crippen LogP contribution in [-0.2, 0) is 4.74 Å². The standard InChI is InChI=1S/C19H26ClFN2O4/c1-11-4-6-23(7-5-11)17-15(27-16(10-24)18(17)25)9-22-19(26)12-2-3-14(21)13(20)8-12/h2-3,8,11,15-18,24-25H,4-7,9-10H2,1H3,(H,22,26)/t15-,16+,17-,18-/m1/s1. The van der Waals surface area contributed by atoms with Gasteiger partial charge in [-0.05, 0) is 50.0 Å². The van der Waals surface area contributed by atoms with E-state index in [0.717, 1.165) is 32.0 Å². The van der Waals surface area contributed by atoms with E-state index in [1.54, 1.807) is 0 Å². The number of hydrogen-bond donors (Lipinski definition) is 3. The van der Waals surface area contributed by atoms with Crippen molar-refractivity contribution < 1.29 is 24.1 Å². The molecule has 3 rings (SSSR count). The maximum absolute atomic E-state index is 13.3. The lowest BCUT2D eigenvalue weighted by molar-refractivity contribution is -0.0209. The van der Waals surface area contributed by atoms with Crippen LogP contribution in [0.2, 0.25) is 5.02 Å². The molecule has 0 aromatic heterocycles. The van der Waals surface area contributed by atoms with E-state index < -0.39 is 30.0 Å². The van der Waals surface area contributed by atoms with E-state index in [4.69, 9.17) is 16.3 Å². The average Bonchev–Trinajstić information content (AvgIpc) is 2.98. The molecule has 8 heteroatoms. The van der Waals surface area contributed by atoms with E-state index in [1.165, 1.54) is 12.1 Å². The zero-order valence-electron chi connectivity index (χ0n) is 15.3.